The number of nitrogens with one attached hydrogen (secondary N) is 1. The Hall–Kier alpha value is -2.59. The lowest BCUT2D eigenvalue weighted by Gasteiger charge is -2.05. The fourth-order valence-corrected chi connectivity index (χ4v) is 1.99. The smallest absolute Gasteiger partial charge is 0.269 e. The van der Waals surface area contributed by atoms with E-state index in [1.165, 1.54) is 35.6 Å². The molecule has 0 saturated carbocycles. The topological polar surface area (TPSA) is 133 Å². The molecule has 1 amide bonds. The Morgan fingerprint density at radius 1 is 1.38 bits per heavy atom. The Balaban J connectivity index is 1.84. The maximum atomic E-state index is 11.6. The zero-order valence-corrected chi connectivity index (χ0v) is 11.5. The molecule has 1 heterocycles. The molecule has 110 valence electrons. The molecule has 2 aromatic rings. The highest BCUT2D eigenvalue weighted by Gasteiger charge is 2.09. The van der Waals surface area contributed by atoms with Crippen molar-refractivity contribution in [3.8, 4) is 5.75 Å². The molecule has 0 fully saturated rings. The van der Waals surface area contributed by atoms with Gasteiger partial charge in [-0.05, 0) is 12.1 Å². The van der Waals surface area contributed by atoms with Crippen LogP contribution in [0.3, 0.4) is 0 Å². The number of nitro benzene ring substituents is 1. The largest absolute Gasteiger partial charge is 0.484 e. The molecule has 0 spiro atoms. The van der Waals surface area contributed by atoms with E-state index in [0.717, 1.165) is 0 Å². The number of nitrogens with zero attached hydrogens (tertiary/aromatic N) is 3. The lowest BCUT2D eigenvalue weighted by molar-refractivity contribution is -0.384. The van der Waals surface area contributed by atoms with Gasteiger partial charge >= 0.3 is 0 Å². The Labute approximate surface area is 122 Å². The van der Waals surface area contributed by atoms with Crippen LogP contribution in [0.15, 0.2) is 24.3 Å². The number of non-ortho nitro benzene ring substituents is 1. The second-order valence-electron chi connectivity index (χ2n) is 3.79. The number of rotatable bonds is 6. The first-order valence-electron chi connectivity index (χ1n) is 5.78. The normalized spacial score (nSPS) is 10.1. The first-order chi connectivity index (χ1) is 10.1. The van der Waals surface area contributed by atoms with Crippen LogP contribution in [0.4, 0.5) is 10.8 Å². The van der Waals surface area contributed by atoms with E-state index in [9.17, 15) is 14.9 Å². The summed E-state index contributed by atoms with van der Waals surface area (Å²) < 4.78 is 5.20. The van der Waals surface area contributed by atoms with E-state index in [1.807, 2.05) is 0 Å². The van der Waals surface area contributed by atoms with Gasteiger partial charge in [-0.25, -0.2) is 0 Å². The van der Waals surface area contributed by atoms with E-state index in [-0.39, 0.29) is 18.8 Å². The minimum Gasteiger partial charge on any atom is -0.484 e. The molecule has 10 heteroatoms. The van der Waals surface area contributed by atoms with Crippen LogP contribution in [-0.2, 0) is 11.3 Å². The van der Waals surface area contributed by atoms with Gasteiger partial charge in [0.05, 0.1) is 4.92 Å². The Kier molecular flexibility index (Phi) is 4.74. The summed E-state index contributed by atoms with van der Waals surface area (Å²) in [4.78, 5) is 21.6. The fraction of sp³-hybridized carbons (Fsp3) is 0.182. The molecule has 0 unspecified atom stereocenters. The summed E-state index contributed by atoms with van der Waals surface area (Å²) in [6.45, 7) is 0.0161. The molecule has 0 radical (unpaired) electrons. The summed E-state index contributed by atoms with van der Waals surface area (Å²) in [7, 11) is 0. The van der Waals surface area contributed by atoms with E-state index >= 15 is 0 Å². The molecule has 3 N–H and O–H groups in total. The number of hydrogen-bond donors (Lipinski definition) is 2. The van der Waals surface area contributed by atoms with Gasteiger partial charge < -0.3 is 10.5 Å². The third-order valence-corrected chi connectivity index (χ3v) is 3.17. The molecular weight excluding hydrogens is 298 g/mol. The Morgan fingerprint density at radius 2 is 2.10 bits per heavy atom. The van der Waals surface area contributed by atoms with Gasteiger partial charge in [0.25, 0.3) is 11.6 Å². The van der Waals surface area contributed by atoms with Crippen molar-refractivity contribution in [2.45, 2.75) is 6.54 Å². The molecule has 21 heavy (non-hydrogen) atoms. The molecule has 1 aromatic carbocycles. The molecule has 0 aliphatic heterocycles. The number of amides is 1. The zero-order chi connectivity index (χ0) is 15.2. The van der Waals surface area contributed by atoms with Gasteiger partial charge in [0.15, 0.2) is 6.61 Å². The second-order valence-corrected chi connectivity index (χ2v) is 4.86. The highest BCUT2D eigenvalue weighted by Crippen LogP contribution is 2.17. The second kappa shape index (κ2) is 6.72. The average molecular weight is 309 g/mol. The number of benzene rings is 1. The molecule has 0 aliphatic rings. The van der Waals surface area contributed by atoms with Gasteiger partial charge in [0.1, 0.15) is 10.8 Å². The van der Waals surface area contributed by atoms with E-state index in [0.29, 0.717) is 15.9 Å². The predicted octanol–water partition coefficient (Wildman–Crippen LogP) is 0.922. The summed E-state index contributed by atoms with van der Waals surface area (Å²) in [6, 6.07) is 5.43. The monoisotopic (exact) mass is 309 g/mol. The number of nitrogens with two attached hydrogens (primary N) is 1. The van der Waals surface area contributed by atoms with Crippen LogP contribution in [0.1, 0.15) is 5.01 Å². The molecule has 1 aromatic heterocycles. The van der Waals surface area contributed by atoms with Gasteiger partial charge in [-0.1, -0.05) is 11.3 Å². The van der Waals surface area contributed by atoms with Gasteiger partial charge in [0, 0.05) is 18.7 Å². The number of hydrogen-bond acceptors (Lipinski definition) is 8. The summed E-state index contributed by atoms with van der Waals surface area (Å²) in [5.41, 5.74) is 5.34. The quantitative estimate of drug-likeness (QED) is 0.598. The predicted molar refractivity (Wildman–Crippen MR) is 75.0 cm³/mol. The fourth-order valence-electron chi connectivity index (χ4n) is 1.35. The van der Waals surface area contributed by atoms with Crippen LogP contribution in [0, 0.1) is 10.1 Å². The number of ether oxygens (including phenoxy) is 1. The van der Waals surface area contributed by atoms with Crippen molar-refractivity contribution in [2.75, 3.05) is 11.9 Å². The maximum absolute atomic E-state index is 11.6. The van der Waals surface area contributed by atoms with Crippen molar-refractivity contribution in [2.24, 2.45) is 5.73 Å². The Morgan fingerprint density at radius 3 is 2.67 bits per heavy atom. The number of nitro groups is 1. The van der Waals surface area contributed by atoms with Crippen LogP contribution in [0.5, 0.6) is 5.75 Å². The van der Waals surface area contributed by atoms with Crippen molar-refractivity contribution >= 4 is 28.1 Å². The first-order valence-corrected chi connectivity index (χ1v) is 6.59. The van der Waals surface area contributed by atoms with Gasteiger partial charge in [-0.2, -0.15) is 0 Å². The molecule has 0 saturated heterocycles. The van der Waals surface area contributed by atoms with Crippen LogP contribution >= 0.6 is 11.3 Å². The minimum atomic E-state index is -0.513. The summed E-state index contributed by atoms with van der Waals surface area (Å²) >= 11 is 1.18. The maximum Gasteiger partial charge on any atom is 0.269 e. The SMILES string of the molecule is NCc1nnc(NC(=O)COc2ccc([N+](=O)[O-])cc2)s1. The number of carbonyl (C=O) groups is 1. The molecule has 9 nitrogen and oxygen atoms in total. The van der Waals surface area contributed by atoms with Gasteiger partial charge in [-0.3, -0.25) is 20.2 Å². The van der Waals surface area contributed by atoms with Gasteiger partial charge in [0.2, 0.25) is 5.13 Å². The van der Waals surface area contributed by atoms with Crippen LogP contribution in [-0.4, -0.2) is 27.6 Å². The molecular formula is C11H11N5O4S. The highest BCUT2D eigenvalue weighted by molar-refractivity contribution is 7.15. The molecule has 2 rings (SSSR count). The van der Waals surface area contributed by atoms with Crippen molar-refractivity contribution in [3.63, 3.8) is 0 Å². The van der Waals surface area contributed by atoms with Crippen molar-refractivity contribution in [1.82, 2.24) is 10.2 Å². The lowest BCUT2D eigenvalue weighted by atomic mass is 10.3. The zero-order valence-electron chi connectivity index (χ0n) is 10.7. The Bertz CT molecular complexity index is 642. The summed E-state index contributed by atoms with van der Waals surface area (Å²) in [6.07, 6.45) is 0. The molecule has 0 bridgehead atoms. The summed E-state index contributed by atoms with van der Waals surface area (Å²) in [5, 5.41) is 21.5. The summed E-state index contributed by atoms with van der Waals surface area (Å²) in [5.74, 6) is -0.0521. The minimum absolute atomic E-state index is 0.0463. The van der Waals surface area contributed by atoms with E-state index in [2.05, 4.69) is 15.5 Å². The molecule has 0 atom stereocenters. The highest BCUT2D eigenvalue weighted by atomic mass is 32.1. The van der Waals surface area contributed by atoms with Crippen molar-refractivity contribution < 1.29 is 14.5 Å². The van der Waals surface area contributed by atoms with E-state index in [4.69, 9.17) is 10.5 Å². The standard InChI is InChI=1S/C11H11N5O4S/c12-5-10-14-15-11(21-10)13-9(17)6-20-8-3-1-7(2-4-8)16(18)19/h1-4H,5-6,12H2,(H,13,15,17). The first kappa shape index (κ1) is 14.8. The molecule has 0 aliphatic carbocycles. The van der Waals surface area contributed by atoms with Crippen LogP contribution in [0.2, 0.25) is 0 Å². The third-order valence-electron chi connectivity index (χ3n) is 2.31. The average Bonchev–Trinajstić information content (AvgIpc) is 2.93. The van der Waals surface area contributed by atoms with Gasteiger partial charge in [-0.15, -0.1) is 10.2 Å². The third kappa shape index (κ3) is 4.19. The van der Waals surface area contributed by atoms with E-state index < -0.39 is 10.8 Å². The van der Waals surface area contributed by atoms with E-state index in [1.54, 1.807) is 0 Å². The van der Waals surface area contributed by atoms with Crippen LogP contribution in [0.25, 0.3) is 0 Å². The number of aromatic nitrogens is 2. The number of carbonyl (C=O) groups excluding carboxylic acids is 1. The number of anilines is 1. The van der Waals surface area contributed by atoms with Crippen LogP contribution < -0.4 is 15.8 Å². The van der Waals surface area contributed by atoms with Crippen molar-refractivity contribution in [1.29, 1.82) is 0 Å². The lowest BCUT2D eigenvalue weighted by Crippen LogP contribution is -2.20. The van der Waals surface area contributed by atoms with Crippen molar-refractivity contribution in [3.05, 3.63) is 39.4 Å².